The molecule has 0 saturated heterocycles. The van der Waals surface area contributed by atoms with E-state index in [0.29, 0.717) is 13.2 Å². The summed E-state index contributed by atoms with van der Waals surface area (Å²) < 4.78 is 5.57. The first-order valence-corrected chi connectivity index (χ1v) is 6.78. The Morgan fingerprint density at radius 1 is 1.28 bits per heavy atom. The van der Waals surface area contributed by atoms with E-state index in [1.165, 1.54) is 5.57 Å². The molecule has 0 saturated carbocycles. The summed E-state index contributed by atoms with van der Waals surface area (Å²) in [5.74, 6) is 0. The van der Waals surface area contributed by atoms with Crippen molar-refractivity contribution in [3.63, 3.8) is 0 Å². The Morgan fingerprint density at radius 3 is 2.78 bits per heavy atom. The Morgan fingerprint density at radius 2 is 2.06 bits per heavy atom. The molecule has 18 heavy (non-hydrogen) atoms. The smallest absolute Gasteiger partial charge is 0.123 e. The van der Waals surface area contributed by atoms with Crippen LogP contribution in [0.2, 0.25) is 0 Å². The fourth-order valence-electron chi connectivity index (χ4n) is 1.47. The molecule has 2 aromatic rings. The molecule has 1 aromatic carbocycles. The van der Waals surface area contributed by atoms with Crippen molar-refractivity contribution in [2.75, 3.05) is 6.61 Å². The Kier molecular flexibility index (Phi) is 4.67. The zero-order valence-electron chi connectivity index (χ0n) is 10.7. The predicted octanol–water partition coefficient (Wildman–Crippen LogP) is 4.29. The fraction of sp³-hybridized carbons (Fsp3) is 0.267. The van der Waals surface area contributed by atoms with E-state index in [4.69, 9.17) is 4.74 Å². The molecule has 1 heterocycles. The summed E-state index contributed by atoms with van der Waals surface area (Å²) in [7, 11) is 0. The standard InChI is InChI=1S/C15H17NOS/c1-12(2)8-9-17-11-14-10-16-15(18-14)13-6-4-3-5-7-13/h3-8,10H,9,11H2,1-2H3. The average molecular weight is 259 g/mol. The molecule has 3 heteroatoms. The van der Waals surface area contributed by atoms with Gasteiger partial charge in [-0.1, -0.05) is 42.0 Å². The molecule has 0 spiro atoms. The molecule has 94 valence electrons. The largest absolute Gasteiger partial charge is 0.372 e. The molecule has 1 aromatic heterocycles. The molecular formula is C15H17NOS. The third kappa shape index (κ3) is 3.79. The van der Waals surface area contributed by atoms with Gasteiger partial charge in [0.05, 0.1) is 18.1 Å². The van der Waals surface area contributed by atoms with Crippen LogP contribution in [0.25, 0.3) is 10.6 Å². The summed E-state index contributed by atoms with van der Waals surface area (Å²) >= 11 is 1.69. The first kappa shape index (κ1) is 13.0. The van der Waals surface area contributed by atoms with Crippen LogP contribution in [0, 0.1) is 0 Å². The summed E-state index contributed by atoms with van der Waals surface area (Å²) in [6, 6.07) is 10.2. The van der Waals surface area contributed by atoms with Crippen LogP contribution in [0.5, 0.6) is 0 Å². The maximum absolute atomic E-state index is 5.57. The van der Waals surface area contributed by atoms with E-state index in [9.17, 15) is 0 Å². The molecule has 0 aliphatic carbocycles. The van der Waals surface area contributed by atoms with Gasteiger partial charge in [0.2, 0.25) is 0 Å². The highest BCUT2D eigenvalue weighted by Crippen LogP contribution is 2.25. The molecule has 0 amide bonds. The number of hydrogen-bond acceptors (Lipinski definition) is 3. The normalized spacial score (nSPS) is 10.3. The number of allylic oxidation sites excluding steroid dienone is 1. The predicted molar refractivity (Wildman–Crippen MR) is 76.6 cm³/mol. The highest BCUT2D eigenvalue weighted by atomic mass is 32.1. The molecule has 0 radical (unpaired) electrons. The average Bonchev–Trinajstić information content (AvgIpc) is 2.84. The lowest BCUT2D eigenvalue weighted by molar-refractivity contribution is 0.150. The van der Waals surface area contributed by atoms with E-state index in [2.05, 4.69) is 37.0 Å². The van der Waals surface area contributed by atoms with Crippen molar-refractivity contribution >= 4 is 11.3 Å². The van der Waals surface area contributed by atoms with Gasteiger partial charge in [0.1, 0.15) is 5.01 Å². The van der Waals surface area contributed by atoms with Crippen molar-refractivity contribution in [2.24, 2.45) is 0 Å². The number of nitrogens with zero attached hydrogens (tertiary/aromatic N) is 1. The summed E-state index contributed by atoms with van der Waals surface area (Å²) in [4.78, 5) is 5.59. The van der Waals surface area contributed by atoms with Crippen molar-refractivity contribution in [1.82, 2.24) is 4.98 Å². The van der Waals surface area contributed by atoms with Crippen LogP contribution >= 0.6 is 11.3 Å². The third-order valence-electron chi connectivity index (χ3n) is 2.43. The van der Waals surface area contributed by atoms with Crippen molar-refractivity contribution < 1.29 is 4.74 Å². The lowest BCUT2D eigenvalue weighted by Gasteiger charge is -1.98. The number of aromatic nitrogens is 1. The number of thiazole rings is 1. The highest BCUT2D eigenvalue weighted by molar-refractivity contribution is 7.15. The van der Waals surface area contributed by atoms with Crippen LogP contribution in [-0.4, -0.2) is 11.6 Å². The monoisotopic (exact) mass is 259 g/mol. The summed E-state index contributed by atoms with van der Waals surface area (Å²) in [6.07, 6.45) is 3.98. The van der Waals surface area contributed by atoms with Gasteiger partial charge in [-0.2, -0.15) is 0 Å². The van der Waals surface area contributed by atoms with Gasteiger partial charge >= 0.3 is 0 Å². The van der Waals surface area contributed by atoms with Gasteiger partial charge < -0.3 is 4.74 Å². The van der Waals surface area contributed by atoms with Gasteiger partial charge in [0, 0.05) is 11.8 Å². The molecule has 0 N–H and O–H groups in total. The molecule has 2 nitrogen and oxygen atoms in total. The van der Waals surface area contributed by atoms with Gasteiger partial charge in [-0.25, -0.2) is 4.98 Å². The summed E-state index contributed by atoms with van der Waals surface area (Å²) in [5.41, 5.74) is 2.45. The van der Waals surface area contributed by atoms with Crippen LogP contribution < -0.4 is 0 Å². The molecule has 0 unspecified atom stereocenters. The third-order valence-corrected chi connectivity index (χ3v) is 3.45. The maximum atomic E-state index is 5.57. The molecule has 0 fully saturated rings. The first-order chi connectivity index (χ1) is 8.75. The van der Waals surface area contributed by atoms with Crippen LogP contribution in [0.1, 0.15) is 18.7 Å². The lowest BCUT2D eigenvalue weighted by atomic mass is 10.2. The summed E-state index contributed by atoms with van der Waals surface area (Å²) in [6.45, 7) is 5.45. The Hall–Kier alpha value is -1.45. The van der Waals surface area contributed by atoms with Gasteiger partial charge in [-0.05, 0) is 13.8 Å². The fourth-order valence-corrected chi connectivity index (χ4v) is 2.33. The highest BCUT2D eigenvalue weighted by Gasteiger charge is 2.03. The van der Waals surface area contributed by atoms with E-state index in [0.717, 1.165) is 15.4 Å². The van der Waals surface area contributed by atoms with Crippen LogP contribution in [-0.2, 0) is 11.3 Å². The zero-order chi connectivity index (χ0) is 12.8. The van der Waals surface area contributed by atoms with Crippen LogP contribution in [0.15, 0.2) is 48.2 Å². The van der Waals surface area contributed by atoms with E-state index >= 15 is 0 Å². The van der Waals surface area contributed by atoms with Gasteiger partial charge in [0.15, 0.2) is 0 Å². The molecule has 0 atom stereocenters. The Balaban J connectivity index is 1.93. The number of benzene rings is 1. The second kappa shape index (κ2) is 6.47. The van der Waals surface area contributed by atoms with Crippen molar-refractivity contribution in [1.29, 1.82) is 0 Å². The number of hydrogen-bond donors (Lipinski definition) is 0. The SMILES string of the molecule is CC(C)=CCOCc1cnc(-c2ccccc2)s1. The molecule has 0 aliphatic rings. The molecular weight excluding hydrogens is 242 g/mol. The van der Waals surface area contributed by atoms with E-state index in [1.54, 1.807) is 11.3 Å². The van der Waals surface area contributed by atoms with Crippen LogP contribution in [0.3, 0.4) is 0 Å². The summed E-state index contributed by atoms with van der Waals surface area (Å²) in [5, 5.41) is 1.05. The minimum atomic E-state index is 0.633. The minimum Gasteiger partial charge on any atom is -0.372 e. The minimum absolute atomic E-state index is 0.633. The maximum Gasteiger partial charge on any atom is 0.123 e. The van der Waals surface area contributed by atoms with Crippen molar-refractivity contribution in [3.8, 4) is 10.6 Å². The number of ether oxygens (including phenoxy) is 1. The van der Waals surface area contributed by atoms with Crippen molar-refractivity contribution in [2.45, 2.75) is 20.5 Å². The lowest BCUT2D eigenvalue weighted by Crippen LogP contribution is -1.90. The molecule has 0 aliphatic heterocycles. The number of rotatable bonds is 5. The zero-order valence-corrected chi connectivity index (χ0v) is 11.5. The first-order valence-electron chi connectivity index (χ1n) is 5.97. The van der Waals surface area contributed by atoms with Crippen LogP contribution in [0.4, 0.5) is 0 Å². The van der Waals surface area contributed by atoms with E-state index in [-0.39, 0.29) is 0 Å². The Labute approximate surface area is 112 Å². The van der Waals surface area contributed by atoms with E-state index < -0.39 is 0 Å². The van der Waals surface area contributed by atoms with Gasteiger partial charge in [0.25, 0.3) is 0 Å². The van der Waals surface area contributed by atoms with E-state index in [1.807, 2.05) is 24.4 Å². The quantitative estimate of drug-likeness (QED) is 0.590. The van der Waals surface area contributed by atoms with Gasteiger partial charge in [-0.3, -0.25) is 0 Å². The second-order valence-electron chi connectivity index (χ2n) is 4.29. The topological polar surface area (TPSA) is 22.1 Å². The Bertz CT molecular complexity index is 512. The molecule has 0 bridgehead atoms. The second-order valence-corrected chi connectivity index (χ2v) is 5.41. The van der Waals surface area contributed by atoms with Gasteiger partial charge in [-0.15, -0.1) is 11.3 Å². The molecule has 2 rings (SSSR count). The van der Waals surface area contributed by atoms with Crippen molar-refractivity contribution in [3.05, 3.63) is 53.1 Å².